The zero-order valence-corrected chi connectivity index (χ0v) is 14.7. The molecule has 0 aromatic carbocycles. The zero-order chi connectivity index (χ0) is 15.5. The van der Waals surface area contributed by atoms with Crippen molar-refractivity contribution in [2.45, 2.75) is 39.1 Å². The van der Waals surface area contributed by atoms with Gasteiger partial charge in [-0.3, -0.25) is 0 Å². The highest BCUT2D eigenvalue weighted by atomic mass is 79.9. The van der Waals surface area contributed by atoms with Crippen molar-refractivity contribution in [3.8, 4) is 0 Å². The van der Waals surface area contributed by atoms with Crippen LogP contribution in [0, 0.1) is 17.8 Å². The van der Waals surface area contributed by atoms with E-state index in [1.54, 1.807) is 0 Å². The summed E-state index contributed by atoms with van der Waals surface area (Å²) in [6.45, 7) is 8.96. The van der Waals surface area contributed by atoms with E-state index in [0.717, 1.165) is 0 Å². The summed E-state index contributed by atoms with van der Waals surface area (Å²) in [4.78, 5) is 0.101. The molecule has 3 N–H and O–H groups in total. The minimum atomic E-state index is -3.59. The first-order valence-electron chi connectivity index (χ1n) is 6.67. The summed E-state index contributed by atoms with van der Waals surface area (Å²) in [5, 5.41) is 0. The number of sulfonamides is 1. The number of nitrogens with one attached hydrogen (secondary N) is 1. The molecule has 0 aliphatic carbocycles. The third kappa shape index (κ3) is 4.31. The molecule has 7 heteroatoms. The topological polar surface area (TPSA) is 85.3 Å². The molecule has 1 aromatic rings. The summed E-state index contributed by atoms with van der Waals surface area (Å²) >= 11 is 3.12. The fourth-order valence-electron chi connectivity index (χ4n) is 2.21. The SMILES string of the molecule is CC(C)C(CNS(=O)(=O)c1cc(CN)oc1Br)C(C)C. The van der Waals surface area contributed by atoms with Crippen molar-refractivity contribution in [3.63, 3.8) is 0 Å². The Bertz CT molecular complexity index is 530. The summed E-state index contributed by atoms with van der Waals surface area (Å²) in [5.41, 5.74) is 5.45. The van der Waals surface area contributed by atoms with Crippen molar-refractivity contribution < 1.29 is 12.8 Å². The molecule has 1 heterocycles. The van der Waals surface area contributed by atoms with Crippen LogP contribution < -0.4 is 10.5 Å². The van der Waals surface area contributed by atoms with Gasteiger partial charge >= 0.3 is 0 Å². The Morgan fingerprint density at radius 3 is 2.25 bits per heavy atom. The molecular formula is C13H23BrN2O3S. The molecule has 1 aromatic heterocycles. The van der Waals surface area contributed by atoms with E-state index in [1.807, 2.05) is 0 Å². The van der Waals surface area contributed by atoms with Gasteiger partial charge in [-0.05, 0) is 33.7 Å². The molecular weight excluding hydrogens is 344 g/mol. The van der Waals surface area contributed by atoms with Gasteiger partial charge in [0.2, 0.25) is 10.0 Å². The van der Waals surface area contributed by atoms with Gasteiger partial charge in [-0.1, -0.05) is 27.7 Å². The molecule has 116 valence electrons. The molecule has 0 aliphatic heterocycles. The molecule has 0 radical (unpaired) electrons. The van der Waals surface area contributed by atoms with Gasteiger partial charge in [0.25, 0.3) is 0 Å². The van der Waals surface area contributed by atoms with Crippen LogP contribution in [0.4, 0.5) is 0 Å². The van der Waals surface area contributed by atoms with E-state index < -0.39 is 10.0 Å². The molecule has 0 bridgehead atoms. The Labute approximate surface area is 129 Å². The summed E-state index contributed by atoms with van der Waals surface area (Å²) in [7, 11) is -3.59. The second kappa shape index (κ2) is 7.06. The minimum Gasteiger partial charge on any atom is -0.452 e. The smallest absolute Gasteiger partial charge is 0.244 e. The normalized spacial score (nSPS) is 12.8. The summed E-state index contributed by atoms with van der Waals surface area (Å²) in [6.07, 6.45) is 0. The van der Waals surface area contributed by atoms with Crippen LogP contribution in [-0.4, -0.2) is 15.0 Å². The molecule has 0 aliphatic rings. The predicted octanol–water partition coefficient (Wildman–Crippen LogP) is 2.71. The Hall–Kier alpha value is -0.370. The third-order valence-corrected chi connectivity index (χ3v) is 5.70. The van der Waals surface area contributed by atoms with Crippen LogP contribution in [0.1, 0.15) is 33.5 Å². The Morgan fingerprint density at radius 2 is 1.85 bits per heavy atom. The summed E-state index contributed by atoms with van der Waals surface area (Å²) in [5.74, 6) is 1.53. The van der Waals surface area contributed by atoms with Crippen LogP contribution in [-0.2, 0) is 16.6 Å². The van der Waals surface area contributed by atoms with Gasteiger partial charge in [-0.15, -0.1) is 0 Å². The molecule has 0 spiro atoms. The van der Waals surface area contributed by atoms with Crippen molar-refractivity contribution in [2.24, 2.45) is 23.5 Å². The molecule has 20 heavy (non-hydrogen) atoms. The molecule has 0 saturated carbocycles. The molecule has 0 saturated heterocycles. The third-order valence-electron chi connectivity index (χ3n) is 3.42. The highest BCUT2D eigenvalue weighted by molar-refractivity contribution is 9.10. The van der Waals surface area contributed by atoms with Crippen molar-refractivity contribution >= 4 is 26.0 Å². The van der Waals surface area contributed by atoms with Crippen molar-refractivity contribution in [1.29, 1.82) is 0 Å². The van der Waals surface area contributed by atoms with Gasteiger partial charge in [0.15, 0.2) is 4.67 Å². The molecule has 1 rings (SSSR count). The number of nitrogens with two attached hydrogens (primary N) is 1. The number of hydrogen-bond donors (Lipinski definition) is 2. The lowest BCUT2D eigenvalue weighted by molar-refractivity contribution is 0.289. The van der Waals surface area contributed by atoms with Crippen LogP contribution in [0.5, 0.6) is 0 Å². The summed E-state index contributed by atoms with van der Waals surface area (Å²) < 4.78 is 32.7. The lowest BCUT2D eigenvalue weighted by atomic mass is 9.86. The fourth-order valence-corrected chi connectivity index (χ4v) is 4.28. The van der Waals surface area contributed by atoms with E-state index in [9.17, 15) is 8.42 Å². The average Bonchev–Trinajstić information content (AvgIpc) is 2.70. The van der Waals surface area contributed by atoms with E-state index >= 15 is 0 Å². The summed E-state index contributed by atoms with van der Waals surface area (Å²) in [6, 6.07) is 1.45. The number of hydrogen-bond acceptors (Lipinski definition) is 4. The average molecular weight is 367 g/mol. The van der Waals surface area contributed by atoms with E-state index in [-0.39, 0.29) is 22.0 Å². The zero-order valence-electron chi connectivity index (χ0n) is 12.3. The van der Waals surface area contributed by atoms with Crippen molar-refractivity contribution in [3.05, 3.63) is 16.5 Å². The van der Waals surface area contributed by atoms with Gasteiger partial charge in [-0.25, -0.2) is 13.1 Å². The Kier molecular flexibility index (Phi) is 6.25. The predicted molar refractivity (Wildman–Crippen MR) is 82.7 cm³/mol. The largest absolute Gasteiger partial charge is 0.452 e. The lowest BCUT2D eigenvalue weighted by Gasteiger charge is -2.24. The highest BCUT2D eigenvalue weighted by Crippen LogP contribution is 2.26. The van der Waals surface area contributed by atoms with Crippen LogP contribution in [0.25, 0.3) is 0 Å². The first-order chi connectivity index (χ1) is 9.19. The fraction of sp³-hybridized carbons (Fsp3) is 0.692. The minimum absolute atomic E-state index is 0.101. The number of rotatable bonds is 7. The monoisotopic (exact) mass is 366 g/mol. The van der Waals surface area contributed by atoms with Crippen LogP contribution >= 0.6 is 15.9 Å². The maximum absolute atomic E-state index is 12.3. The first kappa shape index (κ1) is 17.7. The molecule has 0 fully saturated rings. The molecule has 0 atom stereocenters. The lowest BCUT2D eigenvalue weighted by Crippen LogP contribution is -2.33. The van der Waals surface area contributed by atoms with E-state index in [1.165, 1.54) is 6.07 Å². The number of furan rings is 1. The maximum Gasteiger partial charge on any atom is 0.244 e. The van der Waals surface area contributed by atoms with Crippen LogP contribution in [0.15, 0.2) is 20.0 Å². The quantitative estimate of drug-likeness (QED) is 0.776. The van der Waals surface area contributed by atoms with Gasteiger partial charge in [-0.2, -0.15) is 0 Å². The van der Waals surface area contributed by atoms with Crippen molar-refractivity contribution in [2.75, 3.05) is 6.54 Å². The van der Waals surface area contributed by atoms with E-state index in [2.05, 4.69) is 48.3 Å². The standard InChI is InChI=1S/C13H23BrN2O3S/c1-8(2)11(9(3)4)7-16-20(17,18)12-5-10(6-15)19-13(12)14/h5,8-9,11,16H,6-7,15H2,1-4H3. The van der Waals surface area contributed by atoms with Crippen LogP contribution in [0.3, 0.4) is 0 Å². The second-order valence-corrected chi connectivity index (χ2v) is 8.01. The molecule has 0 amide bonds. The van der Waals surface area contributed by atoms with Crippen LogP contribution in [0.2, 0.25) is 0 Å². The van der Waals surface area contributed by atoms with E-state index in [0.29, 0.717) is 24.1 Å². The molecule has 5 nitrogen and oxygen atoms in total. The second-order valence-electron chi connectivity index (χ2n) is 5.56. The Morgan fingerprint density at radius 1 is 1.30 bits per heavy atom. The van der Waals surface area contributed by atoms with Gasteiger partial charge in [0, 0.05) is 12.6 Å². The van der Waals surface area contributed by atoms with E-state index in [4.69, 9.17) is 10.2 Å². The van der Waals surface area contributed by atoms with Crippen molar-refractivity contribution in [1.82, 2.24) is 4.72 Å². The maximum atomic E-state index is 12.3. The highest BCUT2D eigenvalue weighted by Gasteiger charge is 2.25. The van der Waals surface area contributed by atoms with Gasteiger partial charge in [0.05, 0.1) is 6.54 Å². The van der Waals surface area contributed by atoms with Gasteiger partial charge < -0.3 is 10.2 Å². The van der Waals surface area contributed by atoms with Gasteiger partial charge in [0.1, 0.15) is 10.7 Å². The Balaban J connectivity index is 2.87. The first-order valence-corrected chi connectivity index (χ1v) is 8.94. The molecule has 0 unspecified atom stereocenters. The number of halogens is 1.